The normalized spacial score (nSPS) is 21.1. The second kappa shape index (κ2) is 7.36. The monoisotopic (exact) mass is 414 g/mol. The molecule has 1 amide bonds. The number of nitrogens with zero attached hydrogens (tertiary/aromatic N) is 3. The van der Waals surface area contributed by atoms with Crippen molar-refractivity contribution < 1.29 is 4.79 Å². The third-order valence-corrected chi connectivity index (χ3v) is 6.37. The third-order valence-electron chi connectivity index (χ3n) is 5.82. The highest BCUT2D eigenvalue weighted by atomic mass is 35.5. The molecule has 0 radical (unpaired) electrons. The van der Waals surface area contributed by atoms with Crippen molar-refractivity contribution in [2.24, 2.45) is 11.7 Å². The van der Waals surface area contributed by atoms with Gasteiger partial charge in [-0.2, -0.15) is 5.26 Å². The standard InChI is InChI=1S/C21H20Cl2N4O/c1-11-15(9-25)19(14-6-5-13(22)7-16(14)23)20-17(26-11)10-27(21(20)28)18-4-2-3-12(18)8-24/h5-7,12,18H,2-4,9-10,25H2,1H3/t12-,18-/m0/s1. The van der Waals surface area contributed by atoms with Gasteiger partial charge in [0.2, 0.25) is 0 Å². The van der Waals surface area contributed by atoms with Gasteiger partial charge in [0, 0.05) is 39.5 Å². The number of nitriles is 1. The summed E-state index contributed by atoms with van der Waals surface area (Å²) in [5, 5.41) is 10.5. The molecular weight excluding hydrogens is 395 g/mol. The number of hydrogen-bond donors (Lipinski definition) is 1. The van der Waals surface area contributed by atoms with Crippen molar-refractivity contribution in [2.45, 2.75) is 45.3 Å². The van der Waals surface area contributed by atoms with Crippen LogP contribution in [0, 0.1) is 24.2 Å². The minimum absolute atomic E-state index is 0.0677. The number of benzene rings is 1. The Hall–Kier alpha value is -2.13. The molecule has 144 valence electrons. The summed E-state index contributed by atoms with van der Waals surface area (Å²) in [7, 11) is 0. The molecule has 1 aromatic heterocycles. The van der Waals surface area contributed by atoms with Crippen molar-refractivity contribution >= 4 is 29.1 Å². The number of halogens is 2. The van der Waals surface area contributed by atoms with Crippen LogP contribution in [0.3, 0.4) is 0 Å². The fourth-order valence-electron chi connectivity index (χ4n) is 4.49. The highest BCUT2D eigenvalue weighted by Crippen LogP contribution is 2.42. The number of carbonyl (C=O) groups is 1. The molecule has 2 aliphatic rings. The first-order chi connectivity index (χ1) is 13.5. The van der Waals surface area contributed by atoms with Crippen LogP contribution >= 0.6 is 23.2 Å². The van der Waals surface area contributed by atoms with Gasteiger partial charge in [-0.05, 0) is 43.9 Å². The van der Waals surface area contributed by atoms with Gasteiger partial charge in [0.15, 0.2) is 0 Å². The van der Waals surface area contributed by atoms with Crippen molar-refractivity contribution in [2.75, 3.05) is 0 Å². The number of amides is 1. The maximum atomic E-state index is 13.5. The highest BCUT2D eigenvalue weighted by molar-refractivity contribution is 6.36. The predicted molar refractivity (Wildman–Crippen MR) is 109 cm³/mol. The van der Waals surface area contributed by atoms with E-state index >= 15 is 0 Å². The van der Waals surface area contributed by atoms with E-state index in [4.69, 9.17) is 28.9 Å². The third kappa shape index (κ3) is 2.97. The van der Waals surface area contributed by atoms with Gasteiger partial charge in [-0.3, -0.25) is 9.78 Å². The number of nitrogens with two attached hydrogens (primary N) is 1. The van der Waals surface area contributed by atoms with E-state index in [0.717, 1.165) is 47.3 Å². The van der Waals surface area contributed by atoms with E-state index in [0.29, 0.717) is 22.2 Å². The Morgan fingerprint density at radius 1 is 1.32 bits per heavy atom. The van der Waals surface area contributed by atoms with Gasteiger partial charge in [0.05, 0.1) is 29.8 Å². The Morgan fingerprint density at radius 3 is 2.79 bits per heavy atom. The number of aromatic nitrogens is 1. The maximum Gasteiger partial charge on any atom is 0.257 e. The molecular formula is C21H20Cl2N4O. The SMILES string of the molecule is Cc1nc2c(c(-c3ccc(Cl)cc3Cl)c1CN)C(=O)N([C@H]1CCC[C@H]1C#N)C2. The summed E-state index contributed by atoms with van der Waals surface area (Å²) in [5.74, 6) is -0.221. The lowest BCUT2D eigenvalue weighted by Gasteiger charge is -2.26. The van der Waals surface area contributed by atoms with Crippen LogP contribution < -0.4 is 5.73 Å². The predicted octanol–water partition coefficient (Wildman–Crippen LogP) is 4.47. The Morgan fingerprint density at radius 2 is 2.11 bits per heavy atom. The summed E-state index contributed by atoms with van der Waals surface area (Å²) in [6, 6.07) is 7.54. The van der Waals surface area contributed by atoms with Gasteiger partial charge < -0.3 is 10.6 Å². The number of pyridine rings is 1. The average molecular weight is 415 g/mol. The van der Waals surface area contributed by atoms with E-state index in [2.05, 4.69) is 11.1 Å². The van der Waals surface area contributed by atoms with E-state index in [-0.39, 0.29) is 24.4 Å². The van der Waals surface area contributed by atoms with Crippen LogP contribution in [0.15, 0.2) is 18.2 Å². The van der Waals surface area contributed by atoms with Crippen molar-refractivity contribution in [3.8, 4) is 17.2 Å². The quantitative estimate of drug-likeness (QED) is 0.802. The lowest BCUT2D eigenvalue weighted by molar-refractivity contribution is 0.0683. The zero-order valence-corrected chi connectivity index (χ0v) is 17.0. The molecule has 28 heavy (non-hydrogen) atoms. The maximum absolute atomic E-state index is 13.5. The van der Waals surface area contributed by atoms with E-state index in [1.54, 1.807) is 12.1 Å². The van der Waals surface area contributed by atoms with Crippen LogP contribution in [-0.4, -0.2) is 21.8 Å². The summed E-state index contributed by atoms with van der Waals surface area (Å²) in [4.78, 5) is 20.0. The largest absolute Gasteiger partial charge is 0.328 e. The van der Waals surface area contributed by atoms with Crippen LogP contribution in [0.25, 0.3) is 11.1 Å². The Kier molecular flexibility index (Phi) is 5.05. The molecule has 1 fully saturated rings. The highest BCUT2D eigenvalue weighted by Gasteiger charge is 2.42. The summed E-state index contributed by atoms with van der Waals surface area (Å²) in [5.41, 5.74) is 10.4. The minimum Gasteiger partial charge on any atom is -0.328 e. The van der Waals surface area contributed by atoms with Gasteiger partial charge in [-0.15, -0.1) is 0 Å². The Balaban J connectivity index is 1.89. The smallest absolute Gasteiger partial charge is 0.257 e. The molecule has 1 saturated carbocycles. The van der Waals surface area contributed by atoms with E-state index < -0.39 is 0 Å². The number of carbonyl (C=O) groups excluding carboxylic acids is 1. The number of hydrogen-bond acceptors (Lipinski definition) is 4. The fourth-order valence-corrected chi connectivity index (χ4v) is 5.00. The first-order valence-corrected chi connectivity index (χ1v) is 10.1. The average Bonchev–Trinajstić information content (AvgIpc) is 3.25. The molecule has 0 bridgehead atoms. The topological polar surface area (TPSA) is 83.0 Å². The van der Waals surface area contributed by atoms with E-state index in [9.17, 15) is 10.1 Å². The van der Waals surface area contributed by atoms with Crippen molar-refractivity contribution in [3.63, 3.8) is 0 Å². The first-order valence-electron chi connectivity index (χ1n) is 9.34. The molecule has 1 aliphatic heterocycles. The van der Waals surface area contributed by atoms with Gasteiger partial charge >= 0.3 is 0 Å². The summed E-state index contributed by atoms with van der Waals surface area (Å²) >= 11 is 12.6. The Bertz CT molecular complexity index is 1010. The summed E-state index contributed by atoms with van der Waals surface area (Å²) in [6.07, 6.45) is 2.63. The summed E-state index contributed by atoms with van der Waals surface area (Å²) < 4.78 is 0. The van der Waals surface area contributed by atoms with E-state index in [1.807, 2.05) is 17.9 Å². The molecule has 0 spiro atoms. The molecule has 2 heterocycles. The lowest BCUT2D eigenvalue weighted by Crippen LogP contribution is -2.37. The number of rotatable bonds is 3. The summed E-state index contributed by atoms with van der Waals surface area (Å²) in [6.45, 7) is 2.56. The molecule has 2 aromatic rings. The fraction of sp³-hybridized carbons (Fsp3) is 0.381. The van der Waals surface area contributed by atoms with Crippen LogP contribution in [0.5, 0.6) is 0 Å². The van der Waals surface area contributed by atoms with Gasteiger partial charge in [-0.1, -0.05) is 29.3 Å². The zero-order chi connectivity index (χ0) is 20.0. The Labute approximate surface area is 174 Å². The molecule has 1 aromatic carbocycles. The van der Waals surface area contributed by atoms with Crippen molar-refractivity contribution in [1.29, 1.82) is 5.26 Å². The molecule has 4 rings (SSSR count). The van der Waals surface area contributed by atoms with Gasteiger partial charge in [-0.25, -0.2) is 0 Å². The lowest BCUT2D eigenvalue weighted by atomic mass is 9.93. The van der Waals surface area contributed by atoms with Gasteiger partial charge in [0.1, 0.15) is 0 Å². The molecule has 0 unspecified atom stereocenters. The number of fused-ring (bicyclic) bond motifs is 1. The second-order valence-corrected chi connectivity index (χ2v) is 8.21. The first kappa shape index (κ1) is 19.2. The molecule has 2 atom stereocenters. The molecule has 5 nitrogen and oxygen atoms in total. The van der Waals surface area contributed by atoms with Crippen LogP contribution in [0.4, 0.5) is 0 Å². The van der Waals surface area contributed by atoms with Gasteiger partial charge in [0.25, 0.3) is 5.91 Å². The van der Waals surface area contributed by atoms with Crippen molar-refractivity contribution in [3.05, 3.63) is 50.8 Å². The van der Waals surface area contributed by atoms with Crippen LogP contribution in [0.1, 0.15) is 46.6 Å². The molecule has 0 saturated heterocycles. The zero-order valence-electron chi connectivity index (χ0n) is 15.5. The van der Waals surface area contributed by atoms with Crippen LogP contribution in [0.2, 0.25) is 10.0 Å². The van der Waals surface area contributed by atoms with Crippen molar-refractivity contribution in [1.82, 2.24) is 9.88 Å². The van der Waals surface area contributed by atoms with Crippen LogP contribution in [-0.2, 0) is 13.1 Å². The number of aryl methyl sites for hydroxylation is 1. The molecule has 2 N–H and O–H groups in total. The molecule has 7 heteroatoms. The van der Waals surface area contributed by atoms with E-state index in [1.165, 1.54) is 0 Å². The molecule has 1 aliphatic carbocycles. The minimum atomic E-state index is -0.129. The second-order valence-electron chi connectivity index (χ2n) is 7.37.